The number of aromatic nitrogens is 1. The fourth-order valence-corrected chi connectivity index (χ4v) is 3.88. The lowest BCUT2D eigenvalue weighted by Crippen LogP contribution is -2.26. The molecule has 0 radical (unpaired) electrons. The van der Waals surface area contributed by atoms with Crippen LogP contribution in [0.5, 0.6) is 0 Å². The van der Waals surface area contributed by atoms with Crippen LogP contribution >= 0.6 is 0 Å². The zero-order valence-electron chi connectivity index (χ0n) is 20.4. The Balaban J connectivity index is 2.01. The number of aromatic carboxylic acids is 1. The highest BCUT2D eigenvalue weighted by Crippen LogP contribution is 2.34. The summed E-state index contributed by atoms with van der Waals surface area (Å²) >= 11 is 0. The molecule has 1 heterocycles. The van der Waals surface area contributed by atoms with E-state index in [1.165, 1.54) is 0 Å². The first kappa shape index (κ1) is 25.0. The number of pyridine rings is 1. The molecule has 178 valence electrons. The minimum atomic E-state index is -1.05. The normalized spacial score (nSPS) is 11.2. The van der Waals surface area contributed by atoms with Crippen molar-refractivity contribution in [2.75, 3.05) is 0 Å². The van der Waals surface area contributed by atoms with E-state index in [0.717, 1.165) is 22.4 Å². The van der Waals surface area contributed by atoms with E-state index in [1.54, 1.807) is 6.92 Å². The summed E-state index contributed by atoms with van der Waals surface area (Å²) in [6.07, 6.45) is 0.0562. The first-order valence-electron chi connectivity index (χ1n) is 11.3. The molecule has 0 fully saturated rings. The number of alkyl carbamates (subject to hydrolysis) is 1. The van der Waals surface area contributed by atoms with E-state index in [1.807, 2.05) is 61.5 Å². The van der Waals surface area contributed by atoms with Gasteiger partial charge in [-0.1, -0.05) is 80.9 Å². The predicted molar refractivity (Wildman–Crippen MR) is 133 cm³/mol. The number of aryl methyl sites for hydroxylation is 2. The summed E-state index contributed by atoms with van der Waals surface area (Å²) in [6.45, 7) is 10.3. The van der Waals surface area contributed by atoms with Gasteiger partial charge in [0.15, 0.2) is 0 Å². The van der Waals surface area contributed by atoms with Crippen molar-refractivity contribution in [2.45, 2.75) is 54.2 Å². The molecule has 2 aromatic carbocycles. The van der Waals surface area contributed by atoms with Crippen LogP contribution in [0.4, 0.5) is 4.79 Å². The molecule has 0 aliphatic carbocycles. The summed E-state index contributed by atoms with van der Waals surface area (Å²) < 4.78 is 5.37. The summed E-state index contributed by atoms with van der Waals surface area (Å²) in [4.78, 5) is 29.5. The van der Waals surface area contributed by atoms with Crippen LogP contribution < -0.4 is 5.32 Å². The standard InChI is InChI=1S/C28H32N2O4/c1-18-11-13-21(14-12-18)25-22(16-29-27(33)34-17-20-9-7-6-8-10-20)23(15-28(3,4)5)30-19(2)24(25)26(31)32/h6-14H,15-17H2,1-5H3,(H,29,33)(H,31,32). The van der Waals surface area contributed by atoms with Crippen LogP contribution in [0.3, 0.4) is 0 Å². The van der Waals surface area contributed by atoms with Gasteiger partial charge in [-0.3, -0.25) is 4.98 Å². The van der Waals surface area contributed by atoms with Gasteiger partial charge >= 0.3 is 12.1 Å². The van der Waals surface area contributed by atoms with Crippen molar-refractivity contribution in [1.29, 1.82) is 0 Å². The molecular formula is C28H32N2O4. The van der Waals surface area contributed by atoms with Gasteiger partial charge < -0.3 is 15.2 Å². The van der Waals surface area contributed by atoms with Crippen LogP contribution in [0.15, 0.2) is 54.6 Å². The Morgan fingerprint density at radius 3 is 2.24 bits per heavy atom. The number of nitrogens with one attached hydrogen (secondary N) is 1. The average molecular weight is 461 g/mol. The summed E-state index contributed by atoms with van der Waals surface area (Å²) in [6, 6.07) is 17.2. The lowest BCUT2D eigenvalue weighted by atomic mass is 9.85. The predicted octanol–water partition coefficient (Wildman–Crippen LogP) is 6.08. The van der Waals surface area contributed by atoms with Gasteiger partial charge in [0.1, 0.15) is 6.61 Å². The van der Waals surface area contributed by atoms with E-state index in [2.05, 4.69) is 31.1 Å². The monoisotopic (exact) mass is 460 g/mol. The minimum absolute atomic E-state index is 0.0860. The summed E-state index contributed by atoms with van der Waals surface area (Å²) in [5.41, 5.74) is 5.31. The van der Waals surface area contributed by atoms with Crippen molar-refractivity contribution in [3.8, 4) is 11.1 Å². The molecule has 0 spiro atoms. The van der Waals surface area contributed by atoms with Crippen molar-refractivity contribution >= 4 is 12.1 Å². The Morgan fingerprint density at radius 2 is 1.65 bits per heavy atom. The number of benzene rings is 2. The Hall–Kier alpha value is -3.67. The van der Waals surface area contributed by atoms with E-state index in [9.17, 15) is 14.7 Å². The zero-order chi connectivity index (χ0) is 24.9. The molecular weight excluding hydrogens is 428 g/mol. The molecule has 34 heavy (non-hydrogen) atoms. The highest BCUT2D eigenvalue weighted by molar-refractivity contribution is 5.98. The number of hydrogen-bond donors (Lipinski definition) is 2. The highest BCUT2D eigenvalue weighted by atomic mass is 16.5. The molecule has 0 saturated heterocycles. The summed E-state index contributed by atoms with van der Waals surface area (Å²) in [5, 5.41) is 12.9. The molecule has 3 rings (SSSR count). The maximum absolute atomic E-state index is 12.5. The Labute approximate surface area is 201 Å². The van der Waals surface area contributed by atoms with Gasteiger partial charge in [0.25, 0.3) is 0 Å². The van der Waals surface area contributed by atoms with Crippen molar-refractivity contribution in [2.24, 2.45) is 5.41 Å². The number of rotatable bonds is 7. The van der Waals surface area contributed by atoms with Gasteiger partial charge in [0, 0.05) is 23.4 Å². The Morgan fingerprint density at radius 1 is 1.00 bits per heavy atom. The minimum Gasteiger partial charge on any atom is -0.478 e. The number of amides is 1. The van der Waals surface area contributed by atoms with E-state index >= 15 is 0 Å². The van der Waals surface area contributed by atoms with Gasteiger partial charge in [-0.15, -0.1) is 0 Å². The van der Waals surface area contributed by atoms with Gasteiger partial charge in [0.2, 0.25) is 0 Å². The van der Waals surface area contributed by atoms with E-state index in [4.69, 9.17) is 4.74 Å². The molecule has 1 amide bonds. The third-order valence-corrected chi connectivity index (χ3v) is 5.44. The molecule has 0 unspecified atom stereocenters. The second-order valence-electron chi connectivity index (χ2n) is 9.70. The number of carbonyl (C=O) groups excluding carboxylic acids is 1. The van der Waals surface area contributed by atoms with Crippen LogP contribution in [-0.4, -0.2) is 22.2 Å². The quantitative estimate of drug-likeness (QED) is 0.446. The number of hydrogen-bond acceptors (Lipinski definition) is 4. The number of carbonyl (C=O) groups is 2. The molecule has 6 heteroatoms. The maximum Gasteiger partial charge on any atom is 0.407 e. The number of carboxylic acid groups (broad SMARTS) is 1. The van der Waals surface area contributed by atoms with Crippen molar-refractivity contribution in [3.63, 3.8) is 0 Å². The van der Waals surface area contributed by atoms with Crippen molar-refractivity contribution < 1.29 is 19.4 Å². The summed E-state index contributed by atoms with van der Waals surface area (Å²) in [7, 11) is 0. The van der Waals surface area contributed by atoms with Crippen LogP contribution in [0.25, 0.3) is 11.1 Å². The average Bonchev–Trinajstić information content (AvgIpc) is 2.76. The topological polar surface area (TPSA) is 88.5 Å². The number of carboxylic acids is 1. The summed E-state index contributed by atoms with van der Waals surface area (Å²) in [5.74, 6) is -1.05. The van der Waals surface area contributed by atoms with Crippen LogP contribution in [0.1, 0.15) is 59.2 Å². The van der Waals surface area contributed by atoms with Gasteiger partial charge in [-0.2, -0.15) is 0 Å². The fourth-order valence-electron chi connectivity index (χ4n) is 3.88. The molecule has 1 aromatic heterocycles. The highest BCUT2D eigenvalue weighted by Gasteiger charge is 2.26. The van der Waals surface area contributed by atoms with Crippen molar-refractivity contribution in [3.05, 3.63) is 88.2 Å². The fraction of sp³-hybridized carbons (Fsp3) is 0.321. The lowest BCUT2D eigenvalue weighted by Gasteiger charge is -2.24. The molecule has 0 aliphatic heterocycles. The van der Waals surface area contributed by atoms with E-state index in [0.29, 0.717) is 23.2 Å². The second-order valence-corrected chi connectivity index (χ2v) is 9.70. The van der Waals surface area contributed by atoms with Crippen LogP contribution in [0, 0.1) is 19.3 Å². The Kier molecular flexibility index (Phi) is 7.72. The second kappa shape index (κ2) is 10.5. The SMILES string of the molecule is Cc1ccc(-c2c(CNC(=O)OCc3ccccc3)c(CC(C)(C)C)nc(C)c2C(=O)O)cc1. The third-order valence-electron chi connectivity index (χ3n) is 5.44. The Bertz CT molecular complexity index is 1160. The molecule has 0 atom stereocenters. The zero-order valence-corrected chi connectivity index (χ0v) is 20.4. The third kappa shape index (κ3) is 6.44. The van der Waals surface area contributed by atoms with Gasteiger partial charge in [-0.25, -0.2) is 9.59 Å². The molecule has 6 nitrogen and oxygen atoms in total. The number of nitrogens with zero attached hydrogens (tertiary/aromatic N) is 1. The first-order chi connectivity index (χ1) is 16.0. The van der Waals surface area contributed by atoms with Gasteiger partial charge in [0.05, 0.1) is 11.3 Å². The molecule has 0 bridgehead atoms. The molecule has 0 saturated carbocycles. The maximum atomic E-state index is 12.5. The smallest absolute Gasteiger partial charge is 0.407 e. The van der Waals surface area contributed by atoms with E-state index in [-0.39, 0.29) is 24.1 Å². The van der Waals surface area contributed by atoms with Crippen molar-refractivity contribution in [1.82, 2.24) is 10.3 Å². The molecule has 3 aromatic rings. The van der Waals surface area contributed by atoms with E-state index < -0.39 is 12.1 Å². The largest absolute Gasteiger partial charge is 0.478 e. The van der Waals surface area contributed by atoms with Crippen LogP contribution in [-0.2, 0) is 24.3 Å². The molecule has 2 N–H and O–H groups in total. The molecule has 0 aliphatic rings. The lowest BCUT2D eigenvalue weighted by molar-refractivity contribution is 0.0696. The number of ether oxygens (including phenoxy) is 1. The van der Waals surface area contributed by atoms with Gasteiger partial charge in [-0.05, 0) is 36.8 Å². The van der Waals surface area contributed by atoms with Crippen LogP contribution in [0.2, 0.25) is 0 Å². The first-order valence-corrected chi connectivity index (χ1v) is 11.3.